The number of amides is 1. The highest BCUT2D eigenvalue weighted by atomic mass is 35.5. The topological polar surface area (TPSA) is 80.3 Å². The lowest BCUT2D eigenvalue weighted by Crippen LogP contribution is -2.17. The number of nitrogens with one attached hydrogen (secondary N) is 1. The molecule has 1 N–H and O–H groups in total. The lowest BCUT2D eigenvalue weighted by molar-refractivity contribution is -0.115. The standard InChI is InChI=1S/C20H20ClNO4S/c1-20(2,3)13-4-6-14(7-5-13)27(25,26)11-18(23)15-8-12-9-19(24)22-17(12)10-16(15)21/h4-8,10H,9,11H2,1-3H3,(H,22,24). The lowest BCUT2D eigenvalue weighted by atomic mass is 9.87. The Labute approximate surface area is 163 Å². The average Bonchev–Trinajstić information content (AvgIpc) is 2.91. The Kier molecular flexibility index (Phi) is 4.91. The van der Waals surface area contributed by atoms with Crippen molar-refractivity contribution in [1.82, 2.24) is 0 Å². The summed E-state index contributed by atoms with van der Waals surface area (Å²) in [6.07, 6.45) is 0.147. The van der Waals surface area contributed by atoms with Crippen molar-refractivity contribution in [1.29, 1.82) is 0 Å². The third-order valence-corrected chi connectivity index (χ3v) is 6.46. The molecule has 0 unspecified atom stereocenters. The van der Waals surface area contributed by atoms with Crippen LogP contribution in [0.15, 0.2) is 41.3 Å². The Morgan fingerprint density at radius 1 is 1.15 bits per heavy atom. The molecule has 0 fully saturated rings. The Morgan fingerprint density at radius 3 is 2.37 bits per heavy atom. The Bertz CT molecular complexity index is 1030. The minimum absolute atomic E-state index is 0.0953. The van der Waals surface area contributed by atoms with Crippen molar-refractivity contribution < 1.29 is 18.0 Å². The van der Waals surface area contributed by atoms with E-state index in [1.54, 1.807) is 12.1 Å². The number of Topliss-reactive ketones (excluding diaryl/α,β-unsaturated/α-hetero) is 1. The molecule has 1 amide bonds. The zero-order valence-electron chi connectivity index (χ0n) is 15.3. The van der Waals surface area contributed by atoms with Crippen LogP contribution >= 0.6 is 11.6 Å². The number of ketones is 1. The van der Waals surface area contributed by atoms with Gasteiger partial charge < -0.3 is 5.32 Å². The molecule has 27 heavy (non-hydrogen) atoms. The molecule has 2 aromatic rings. The molecule has 0 radical (unpaired) electrons. The summed E-state index contributed by atoms with van der Waals surface area (Å²) in [5.41, 5.74) is 2.22. The van der Waals surface area contributed by atoms with Gasteiger partial charge in [0.15, 0.2) is 15.6 Å². The van der Waals surface area contributed by atoms with Crippen LogP contribution in [0.2, 0.25) is 5.02 Å². The fourth-order valence-corrected chi connectivity index (χ4v) is 4.44. The number of sulfone groups is 1. The van der Waals surface area contributed by atoms with E-state index in [1.165, 1.54) is 24.3 Å². The molecule has 1 aliphatic rings. The Balaban J connectivity index is 1.85. The molecule has 0 atom stereocenters. The Morgan fingerprint density at radius 2 is 1.78 bits per heavy atom. The maximum absolute atomic E-state index is 12.6. The van der Waals surface area contributed by atoms with Crippen LogP contribution in [0, 0.1) is 0 Å². The van der Waals surface area contributed by atoms with Gasteiger partial charge in [0.25, 0.3) is 0 Å². The minimum Gasteiger partial charge on any atom is -0.325 e. The van der Waals surface area contributed by atoms with E-state index in [9.17, 15) is 18.0 Å². The molecule has 0 saturated carbocycles. The molecule has 3 rings (SSSR count). The second-order valence-electron chi connectivity index (χ2n) is 7.67. The highest BCUT2D eigenvalue weighted by molar-refractivity contribution is 7.92. The zero-order valence-corrected chi connectivity index (χ0v) is 16.9. The first-order valence-corrected chi connectivity index (χ1v) is 10.5. The predicted octanol–water partition coefficient (Wildman–Crippen LogP) is 3.79. The highest BCUT2D eigenvalue weighted by Gasteiger charge is 2.26. The highest BCUT2D eigenvalue weighted by Crippen LogP contribution is 2.31. The van der Waals surface area contributed by atoms with Crippen molar-refractivity contribution in [2.45, 2.75) is 37.5 Å². The number of carbonyl (C=O) groups excluding carboxylic acids is 2. The van der Waals surface area contributed by atoms with E-state index in [0.717, 1.165) is 5.56 Å². The maximum atomic E-state index is 12.6. The third kappa shape index (κ3) is 4.06. The van der Waals surface area contributed by atoms with Crippen molar-refractivity contribution >= 4 is 38.8 Å². The number of carbonyl (C=O) groups is 2. The van der Waals surface area contributed by atoms with E-state index in [1.807, 2.05) is 20.8 Å². The SMILES string of the molecule is CC(C)(C)c1ccc(S(=O)(=O)CC(=O)c2cc3c(cc2Cl)NC(=O)C3)cc1. The van der Waals surface area contributed by atoms with Gasteiger partial charge in [0.05, 0.1) is 16.3 Å². The summed E-state index contributed by atoms with van der Waals surface area (Å²) in [6.45, 7) is 6.11. The van der Waals surface area contributed by atoms with Gasteiger partial charge in [0.2, 0.25) is 5.91 Å². The predicted molar refractivity (Wildman–Crippen MR) is 105 cm³/mol. The molecule has 0 saturated heterocycles. The van der Waals surface area contributed by atoms with Crippen LogP contribution in [-0.4, -0.2) is 25.9 Å². The van der Waals surface area contributed by atoms with Crippen molar-refractivity contribution in [2.75, 3.05) is 11.1 Å². The number of hydrogen-bond acceptors (Lipinski definition) is 4. The molecule has 0 aromatic heterocycles. The first-order valence-electron chi connectivity index (χ1n) is 8.46. The second-order valence-corrected chi connectivity index (χ2v) is 10.1. The van der Waals surface area contributed by atoms with Gasteiger partial charge in [-0.3, -0.25) is 9.59 Å². The van der Waals surface area contributed by atoms with Gasteiger partial charge in [-0.2, -0.15) is 0 Å². The first kappa shape index (κ1) is 19.6. The van der Waals surface area contributed by atoms with Crippen LogP contribution in [0.1, 0.15) is 42.3 Å². The van der Waals surface area contributed by atoms with Crippen LogP contribution in [-0.2, 0) is 26.5 Å². The average molecular weight is 406 g/mol. The van der Waals surface area contributed by atoms with E-state index in [0.29, 0.717) is 11.3 Å². The molecule has 5 nitrogen and oxygen atoms in total. The number of benzene rings is 2. The Hall–Kier alpha value is -2.18. The monoisotopic (exact) mass is 405 g/mol. The molecular weight excluding hydrogens is 386 g/mol. The molecule has 7 heteroatoms. The maximum Gasteiger partial charge on any atom is 0.228 e. The summed E-state index contributed by atoms with van der Waals surface area (Å²) in [5.74, 6) is -1.46. The molecular formula is C20H20ClNO4S. The summed E-state index contributed by atoms with van der Waals surface area (Å²) >= 11 is 6.13. The summed E-state index contributed by atoms with van der Waals surface area (Å²) in [6, 6.07) is 9.55. The first-order chi connectivity index (χ1) is 12.5. The van der Waals surface area contributed by atoms with Crippen molar-refractivity contribution in [3.8, 4) is 0 Å². The van der Waals surface area contributed by atoms with Crippen LogP contribution in [0.25, 0.3) is 0 Å². The van der Waals surface area contributed by atoms with Crippen molar-refractivity contribution in [3.63, 3.8) is 0 Å². The van der Waals surface area contributed by atoms with Crippen molar-refractivity contribution in [2.24, 2.45) is 0 Å². The number of rotatable bonds is 4. The number of fused-ring (bicyclic) bond motifs is 1. The van der Waals surface area contributed by atoms with Gasteiger partial charge in [-0.1, -0.05) is 44.5 Å². The number of anilines is 1. The van der Waals surface area contributed by atoms with Crippen LogP contribution in [0.5, 0.6) is 0 Å². The summed E-state index contributed by atoms with van der Waals surface area (Å²) in [7, 11) is -3.80. The minimum atomic E-state index is -3.80. The van der Waals surface area contributed by atoms with Crippen LogP contribution in [0.3, 0.4) is 0 Å². The van der Waals surface area contributed by atoms with E-state index >= 15 is 0 Å². The summed E-state index contributed by atoms with van der Waals surface area (Å²) in [5, 5.41) is 2.77. The third-order valence-electron chi connectivity index (χ3n) is 4.52. The zero-order chi connectivity index (χ0) is 20.0. The summed E-state index contributed by atoms with van der Waals surface area (Å²) < 4.78 is 25.3. The lowest BCUT2D eigenvalue weighted by Gasteiger charge is -2.19. The molecule has 1 aliphatic heterocycles. The largest absolute Gasteiger partial charge is 0.325 e. The fourth-order valence-electron chi connectivity index (χ4n) is 2.96. The van der Waals surface area contributed by atoms with E-state index in [4.69, 9.17) is 11.6 Å². The second kappa shape index (κ2) is 6.77. The summed E-state index contributed by atoms with van der Waals surface area (Å²) in [4.78, 5) is 24.2. The van der Waals surface area contributed by atoms with E-state index in [-0.39, 0.29) is 33.2 Å². The van der Waals surface area contributed by atoms with Gasteiger partial charge in [-0.25, -0.2) is 8.42 Å². The van der Waals surface area contributed by atoms with Crippen molar-refractivity contribution in [3.05, 3.63) is 58.1 Å². The van der Waals surface area contributed by atoms with Gasteiger partial charge in [-0.15, -0.1) is 0 Å². The molecule has 1 heterocycles. The van der Waals surface area contributed by atoms with Gasteiger partial charge in [0.1, 0.15) is 5.75 Å². The van der Waals surface area contributed by atoms with Crippen LogP contribution < -0.4 is 5.32 Å². The quantitative estimate of drug-likeness (QED) is 0.785. The normalized spacial score (nSPS) is 14.0. The molecule has 0 aliphatic carbocycles. The van der Waals surface area contributed by atoms with Gasteiger partial charge in [0, 0.05) is 11.3 Å². The molecule has 0 bridgehead atoms. The molecule has 0 spiro atoms. The van der Waals surface area contributed by atoms with Gasteiger partial charge in [-0.05, 0) is 40.8 Å². The molecule has 142 valence electrons. The number of hydrogen-bond donors (Lipinski definition) is 1. The van der Waals surface area contributed by atoms with Gasteiger partial charge >= 0.3 is 0 Å². The number of halogens is 1. The van der Waals surface area contributed by atoms with E-state index in [2.05, 4.69) is 5.32 Å². The smallest absolute Gasteiger partial charge is 0.228 e. The fraction of sp³-hybridized carbons (Fsp3) is 0.300. The van der Waals surface area contributed by atoms with E-state index < -0.39 is 21.4 Å². The molecule has 2 aromatic carbocycles. The van der Waals surface area contributed by atoms with Crippen LogP contribution in [0.4, 0.5) is 5.69 Å².